The summed E-state index contributed by atoms with van der Waals surface area (Å²) >= 11 is 0. The number of benzene rings is 1. The molecule has 0 fully saturated rings. The second kappa shape index (κ2) is 3.58. The first-order valence-corrected chi connectivity index (χ1v) is 8.01. The maximum absolute atomic E-state index is 2.46. The summed E-state index contributed by atoms with van der Waals surface area (Å²) in [7, 11) is 1.25. The third kappa shape index (κ3) is 1.41. The molecule has 0 nitrogen and oxygen atoms in total. The summed E-state index contributed by atoms with van der Waals surface area (Å²) < 4.78 is 0. The van der Waals surface area contributed by atoms with Gasteiger partial charge in [-0.3, -0.25) is 0 Å². The predicted octanol–water partition coefficient (Wildman–Crippen LogP) is 3.32. The zero-order valence-electron chi connectivity index (χ0n) is 11.4. The summed E-state index contributed by atoms with van der Waals surface area (Å²) in [6.07, 6.45) is 2.66. The van der Waals surface area contributed by atoms with Crippen LogP contribution in [0, 0.1) is 11.3 Å². The molecule has 0 saturated heterocycles. The maximum atomic E-state index is 2.46. The molecule has 0 amide bonds. The topological polar surface area (TPSA) is 0 Å². The number of hydrogen-bond donors (Lipinski definition) is 0. The lowest BCUT2D eigenvalue weighted by atomic mass is 9.66. The molecule has 0 radical (unpaired) electrons. The average molecular weight is 242 g/mol. The summed E-state index contributed by atoms with van der Waals surface area (Å²) in [6, 6.07) is 9.10. The van der Waals surface area contributed by atoms with E-state index < -0.39 is 0 Å². The van der Waals surface area contributed by atoms with E-state index >= 15 is 0 Å². The summed E-state index contributed by atoms with van der Waals surface area (Å²) in [5.74, 6) is 0.826. The molecule has 0 bridgehead atoms. The third-order valence-corrected chi connectivity index (χ3v) is 6.46. The van der Waals surface area contributed by atoms with Crippen LogP contribution >= 0.6 is 0 Å². The normalized spacial score (nSPS) is 30.3. The summed E-state index contributed by atoms with van der Waals surface area (Å²) in [5, 5.41) is 0. The van der Waals surface area contributed by atoms with E-state index in [4.69, 9.17) is 0 Å². The van der Waals surface area contributed by atoms with Crippen LogP contribution < -0.4 is 0 Å². The average Bonchev–Trinajstić information content (AvgIpc) is 2.60. The van der Waals surface area contributed by atoms with Crippen LogP contribution in [0.3, 0.4) is 0 Å². The molecule has 0 aromatic heterocycles. The van der Waals surface area contributed by atoms with E-state index in [1.165, 1.54) is 23.1 Å². The molecule has 90 valence electrons. The first-order valence-electron chi connectivity index (χ1n) is 6.86. The molecule has 1 aromatic rings. The Morgan fingerprint density at radius 1 is 1.24 bits per heavy atom. The van der Waals surface area contributed by atoms with Gasteiger partial charge in [-0.1, -0.05) is 50.6 Å². The molecule has 1 aromatic carbocycles. The van der Waals surface area contributed by atoms with Crippen LogP contribution in [0.4, 0.5) is 0 Å². The van der Waals surface area contributed by atoms with E-state index in [9.17, 15) is 0 Å². The first kappa shape index (κ1) is 11.3. The Balaban J connectivity index is 2.20. The number of allylic oxidation sites excluding steroid dienone is 2. The van der Waals surface area contributed by atoms with Crippen molar-refractivity contribution in [2.45, 2.75) is 39.2 Å². The van der Waals surface area contributed by atoms with Crippen LogP contribution in [0.1, 0.15) is 50.3 Å². The van der Waals surface area contributed by atoms with Gasteiger partial charge < -0.3 is 0 Å². The van der Waals surface area contributed by atoms with Gasteiger partial charge in [-0.2, -0.15) is 0 Å². The van der Waals surface area contributed by atoms with Crippen molar-refractivity contribution in [3.8, 4) is 0 Å². The van der Waals surface area contributed by atoms with E-state index in [0.29, 0.717) is 5.41 Å². The van der Waals surface area contributed by atoms with Gasteiger partial charge in [0, 0.05) is 10.2 Å². The van der Waals surface area contributed by atoms with Gasteiger partial charge in [-0.05, 0) is 46.4 Å². The highest BCUT2D eigenvalue weighted by atomic mass is 28.1. The highest BCUT2D eigenvalue weighted by molar-refractivity contribution is 6.17. The molecule has 2 aliphatic rings. The van der Waals surface area contributed by atoms with Crippen LogP contribution in [0.15, 0.2) is 29.8 Å². The molecule has 2 aliphatic carbocycles. The van der Waals surface area contributed by atoms with Crippen molar-refractivity contribution in [3.63, 3.8) is 0 Å². The van der Waals surface area contributed by atoms with Crippen LogP contribution in [-0.2, 0) is 0 Å². The minimum absolute atomic E-state index is 0.402. The zero-order chi connectivity index (χ0) is 12.2. The molecule has 0 N–H and O–H groups in total. The zero-order valence-corrected chi connectivity index (χ0v) is 13.4. The largest absolute Gasteiger partial charge is 0.0619 e. The number of rotatable bonds is 0. The Hall–Kier alpha value is -0.823. The fourth-order valence-corrected chi connectivity index (χ4v) is 5.51. The van der Waals surface area contributed by atoms with Gasteiger partial charge in [0.1, 0.15) is 0 Å². The summed E-state index contributed by atoms with van der Waals surface area (Å²) in [6.45, 7) is 7.35. The predicted molar refractivity (Wildman–Crippen MR) is 78.2 cm³/mol. The van der Waals surface area contributed by atoms with E-state index in [-0.39, 0.29) is 0 Å². The minimum Gasteiger partial charge on any atom is -0.0619 e. The molecule has 0 saturated carbocycles. The second-order valence-corrected chi connectivity index (χ2v) is 7.52. The Bertz CT molecular complexity index is 496. The first-order chi connectivity index (χ1) is 8.03. The van der Waals surface area contributed by atoms with Crippen molar-refractivity contribution in [2.75, 3.05) is 0 Å². The number of hydrogen-bond acceptors (Lipinski definition) is 0. The standard InChI is InChI=1S/C16H22Si/c1-10-8-9-12-11-6-4-5-7-13(11)15(17)14(12)16(10,2)3/h4-7,10,15H,8-9H2,1-3,17H3. The van der Waals surface area contributed by atoms with Crippen molar-refractivity contribution in [2.24, 2.45) is 11.3 Å². The molecule has 0 spiro atoms. The van der Waals surface area contributed by atoms with E-state index in [0.717, 1.165) is 11.5 Å². The minimum atomic E-state index is 0.402. The van der Waals surface area contributed by atoms with Crippen LogP contribution in [0.2, 0.25) is 0 Å². The Labute approximate surface area is 108 Å². The Kier molecular flexibility index (Phi) is 2.38. The quantitative estimate of drug-likeness (QED) is 0.612. The molecule has 0 heterocycles. The summed E-state index contributed by atoms with van der Waals surface area (Å²) in [5.41, 5.74) is 7.83. The van der Waals surface area contributed by atoms with Crippen LogP contribution in [0.25, 0.3) is 5.57 Å². The Morgan fingerprint density at radius 3 is 2.71 bits per heavy atom. The second-order valence-electron chi connectivity index (χ2n) is 6.36. The molecule has 1 heteroatoms. The van der Waals surface area contributed by atoms with Gasteiger partial charge in [0.25, 0.3) is 0 Å². The SMILES string of the molecule is CC1CCC2=C(C([SiH3])c3ccccc32)C1(C)C. The molecule has 2 atom stereocenters. The molecule has 17 heavy (non-hydrogen) atoms. The van der Waals surface area contributed by atoms with Gasteiger partial charge in [-0.25, -0.2) is 0 Å². The van der Waals surface area contributed by atoms with Crippen LogP contribution in [-0.4, -0.2) is 10.2 Å². The van der Waals surface area contributed by atoms with Gasteiger partial charge in [-0.15, -0.1) is 0 Å². The van der Waals surface area contributed by atoms with E-state index in [1.807, 2.05) is 0 Å². The van der Waals surface area contributed by atoms with Gasteiger partial charge in [0.15, 0.2) is 0 Å². The highest BCUT2D eigenvalue weighted by Crippen LogP contribution is 2.56. The van der Waals surface area contributed by atoms with Crippen molar-refractivity contribution in [3.05, 3.63) is 41.0 Å². The van der Waals surface area contributed by atoms with Crippen molar-refractivity contribution < 1.29 is 0 Å². The third-order valence-electron chi connectivity index (χ3n) is 5.26. The smallest absolute Gasteiger partial charge is 0.0175 e. The molecular formula is C16H22Si. The molecular weight excluding hydrogens is 220 g/mol. The van der Waals surface area contributed by atoms with Gasteiger partial charge in [0.05, 0.1) is 0 Å². The van der Waals surface area contributed by atoms with E-state index in [2.05, 4.69) is 45.0 Å². The van der Waals surface area contributed by atoms with Crippen molar-refractivity contribution in [1.82, 2.24) is 0 Å². The van der Waals surface area contributed by atoms with Gasteiger partial charge in [0.2, 0.25) is 0 Å². The maximum Gasteiger partial charge on any atom is 0.0175 e. The summed E-state index contributed by atoms with van der Waals surface area (Å²) in [4.78, 5) is 0. The lowest BCUT2D eigenvalue weighted by molar-refractivity contribution is 0.256. The molecule has 2 unspecified atom stereocenters. The van der Waals surface area contributed by atoms with Crippen molar-refractivity contribution >= 4 is 15.8 Å². The lowest BCUT2D eigenvalue weighted by Crippen LogP contribution is -2.29. The fourth-order valence-electron chi connectivity index (χ4n) is 3.91. The Morgan fingerprint density at radius 2 is 1.94 bits per heavy atom. The lowest BCUT2D eigenvalue weighted by Gasteiger charge is -2.40. The van der Waals surface area contributed by atoms with Crippen LogP contribution in [0.5, 0.6) is 0 Å². The van der Waals surface area contributed by atoms with E-state index in [1.54, 1.807) is 22.3 Å². The van der Waals surface area contributed by atoms with Crippen molar-refractivity contribution in [1.29, 1.82) is 0 Å². The van der Waals surface area contributed by atoms with Gasteiger partial charge >= 0.3 is 0 Å². The highest BCUT2D eigenvalue weighted by Gasteiger charge is 2.42. The monoisotopic (exact) mass is 242 g/mol. The molecule has 0 aliphatic heterocycles. The molecule has 3 rings (SSSR count). The number of fused-ring (bicyclic) bond motifs is 2. The fraction of sp³-hybridized carbons (Fsp3) is 0.500.